The smallest absolute Gasteiger partial charge is 0.250 e. The molecule has 0 unspecified atom stereocenters. The van der Waals surface area contributed by atoms with Crippen LogP contribution in [0.2, 0.25) is 0 Å². The number of thiazole rings is 1. The fourth-order valence-corrected chi connectivity index (χ4v) is 2.52. The van der Waals surface area contributed by atoms with E-state index in [9.17, 15) is 4.79 Å². The first-order valence-electron chi connectivity index (χ1n) is 5.90. The van der Waals surface area contributed by atoms with E-state index in [1.54, 1.807) is 29.5 Å². The van der Waals surface area contributed by atoms with Crippen LogP contribution in [0.3, 0.4) is 0 Å². The molecule has 6 heteroatoms. The average molecular weight is 276 g/mol. The number of aromatic nitrogens is 1. The number of primary amides is 1. The van der Waals surface area contributed by atoms with Crippen molar-refractivity contribution in [3.05, 3.63) is 39.8 Å². The zero-order valence-electron chi connectivity index (χ0n) is 10.6. The number of hydrogen-bond donors (Lipinski definition) is 3. The van der Waals surface area contributed by atoms with Crippen LogP contribution in [0, 0.1) is 6.92 Å². The third-order valence-electron chi connectivity index (χ3n) is 2.63. The van der Waals surface area contributed by atoms with Crippen molar-refractivity contribution in [1.29, 1.82) is 0 Å². The van der Waals surface area contributed by atoms with Gasteiger partial charge in [0, 0.05) is 35.4 Å². The largest absolute Gasteiger partial charge is 0.399 e. The Balaban J connectivity index is 2.01. The molecule has 0 aliphatic carbocycles. The van der Waals surface area contributed by atoms with Gasteiger partial charge < -0.3 is 16.8 Å². The second-order valence-corrected chi connectivity index (χ2v) is 5.17. The maximum absolute atomic E-state index is 11.3. The monoisotopic (exact) mass is 276 g/mol. The first-order valence-corrected chi connectivity index (χ1v) is 6.78. The summed E-state index contributed by atoms with van der Waals surface area (Å²) in [5.41, 5.74) is 13.6. The maximum atomic E-state index is 11.3. The molecule has 1 aromatic heterocycles. The van der Waals surface area contributed by atoms with Crippen LogP contribution in [0.1, 0.15) is 21.1 Å². The van der Waals surface area contributed by atoms with E-state index in [4.69, 9.17) is 11.5 Å². The van der Waals surface area contributed by atoms with Gasteiger partial charge in [0.25, 0.3) is 5.91 Å². The standard InChI is InChI=1S/C13H16N4OS/c1-8-7-19-12(17-8)4-5-16-11-3-2-9(14)6-10(11)13(15)18/h2-3,6-7,16H,4-5,14H2,1H3,(H2,15,18). The van der Waals surface area contributed by atoms with Gasteiger partial charge in [0.15, 0.2) is 0 Å². The maximum Gasteiger partial charge on any atom is 0.250 e. The summed E-state index contributed by atoms with van der Waals surface area (Å²) in [7, 11) is 0. The molecule has 0 atom stereocenters. The Morgan fingerprint density at radius 2 is 2.26 bits per heavy atom. The molecule has 0 aliphatic heterocycles. The van der Waals surface area contributed by atoms with E-state index in [1.165, 1.54) is 0 Å². The summed E-state index contributed by atoms with van der Waals surface area (Å²) in [6, 6.07) is 5.09. The van der Waals surface area contributed by atoms with E-state index in [2.05, 4.69) is 10.3 Å². The molecule has 19 heavy (non-hydrogen) atoms. The summed E-state index contributed by atoms with van der Waals surface area (Å²) in [5, 5.41) is 6.28. The van der Waals surface area contributed by atoms with E-state index in [1.807, 2.05) is 12.3 Å². The average Bonchev–Trinajstić information content (AvgIpc) is 2.77. The number of amides is 1. The topological polar surface area (TPSA) is 94.0 Å². The van der Waals surface area contributed by atoms with E-state index >= 15 is 0 Å². The van der Waals surface area contributed by atoms with Crippen molar-refractivity contribution in [1.82, 2.24) is 4.98 Å². The van der Waals surface area contributed by atoms with Gasteiger partial charge in [0.1, 0.15) is 0 Å². The van der Waals surface area contributed by atoms with Crippen molar-refractivity contribution in [3.8, 4) is 0 Å². The molecule has 1 amide bonds. The molecule has 0 saturated heterocycles. The van der Waals surface area contributed by atoms with Crippen molar-refractivity contribution < 1.29 is 4.79 Å². The number of benzene rings is 1. The van der Waals surface area contributed by atoms with E-state index < -0.39 is 5.91 Å². The van der Waals surface area contributed by atoms with E-state index in [0.717, 1.165) is 17.1 Å². The summed E-state index contributed by atoms with van der Waals surface area (Å²) >= 11 is 1.63. The molecule has 0 bridgehead atoms. The van der Waals surface area contributed by atoms with Crippen molar-refractivity contribution >= 4 is 28.6 Å². The lowest BCUT2D eigenvalue weighted by molar-refractivity contribution is 0.100. The predicted molar refractivity (Wildman–Crippen MR) is 78.4 cm³/mol. The van der Waals surface area contributed by atoms with Gasteiger partial charge in [0.05, 0.1) is 10.6 Å². The van der Waals surface area contributed by atoms with Gasteiger partial charge in [-0.25, -0.2) is 4.98 Å². The van der Waals surface area contributed by atoms with Gasteiger partial charge in [-0.15, -0.1) is 11.3 Å². The molecular weight excluding hydrogens is 260 g/mol. The highest BCUT2D eigenvalue weighted by Crippen LogP contribution is 2.18. The second kappa shape index (κ2) is 5.71. The summed E-state index contributed by atoms with van der Waals surface area (Å²) < 4.78 is 0. The van der Waals surface area contributed by atoms with E-state index in [-0.39, 0.29) is 0 Å². The first-order chi connectivity index (χ1) is 9.06. The summed E-state index contributed by atoms with van der Waals surface area (Å²) in [6.45, 7) is 2.66. The molecule has 1 heterocycles. The van der Waals surface area contributed by atoms with Crippen molar-refractivity contribution in [2.24, 2.45) is 5.73 Å². The molecule has 0 aliphatic rings. The molecule has 0 saturated carbocycles. The van der Waals surface area contributed by atoms with Crippen LogP contribution in [-0.2, 0) is 6.42 Å². The predicted octanol–water partition coefficient (Wildman–Crippen LogP) is 1.79. The Hall–Kier alpha value is -2.08. The molecule has 5 N–H and O–H groups in total. The number of aryl methyl sites for hydroxylation is 1. The Bertz CT molecular complexity index is 594. The summed E-state index contributed by atoms with van der Waals surface area (Å²) in [4.78, 5) is 15.7. The number of nitrogens with two attached hydrogens (primary N) is 2. The second-order valence-electron chi connectivity index (χ2n) is 4.23. The molecule has 1 aromatic carbocycles. The zero-order chi connectivity index (χ0) is 13.8. The molecule has 0 spiro atoms. The SMILES string of the molecule is Cc1csc(CCNc2ccc(N)cc2C(N)=O)n1. The van der Waals surface area contributed by atoms with Crippen LogP contribution in [0.5, 0.6) is 0 Å². The number of rotatable bonds is 5. The minimum absolute atomic E-state index is 0.412. The number of anilines is 2. The molecule has 5 nitrogen and oxygen atoms in total. The number of hydrogen-bond acceptors (Lipinski definition) is 5. The van der Waals surface area contributed by atoms with Gasteiger partial charge >= 0.3 is 0 Å². The first kappa shape index (κ1) is 13.4. The normalized spacial score (nSPS) is 10.4. The van der Waals surface area contributed by atoms with Gasteiger partial charge in [-0.2, -0.15) is 0 Å². The minimum Gasteiger partial charge on any atom is -0.399 e. The number of nitrogen functional groups attached to an aromatic ring is 1. The van der Waals surface area contributed by atoms with Crippen molar-refractivity contribution in [2.75, 3.05) is 17.6 Å². The van der Waals surface area contributed by atoms with Crippen LogP contribution in [0.25, 0.3) is 0 Å². The lowest BCUT2D eigenvalue weighted by atomic mass is 10.1. The van der Waals surface area contributed by atoms with Gasteiger partial charge in [0.2, 0.25) is 0 Å². The third kappa shape index (κ3) is 3.45. The van der Waals surface area contributed by atoms with Crippen LogP contribution in [0.4, 0.5) is 11.4 Å². The van der Waals surface area contributed by atoms with E-state index in [0.29, 0.717) is 23.5 Å². The van der Waals surface area contributed by atoms with Crippen LogP contribution in [0.15, 0.2) is 23.6 Å². The highest BCUT2D eigenvalue weighted by atomic mass is 32.1. The number of carbonyl (C=O) groups is 1. The van der Waals surface area contributed by atoms with Gasteiger partial charge in [-0.05, 0) is 25.1 Å². The quantitative estimate of drug-likeness (QED) is 0.726. The lowest BCUT2D eigenvalue weighted by Crippen LogP contribution is -2.16. The Labute approximate surface area is 115 Å². The molecule has 2 aromatic rings. The minimum atomic E-state index is -0.486. The van der Waals surface area contributed by atoms with Crippen LogP contribution >= 0.6 is 11.3 Å². The van der Waals surface area contributed by atoms with Gasteiger partial charge in [-0.3, -0.25) is 4.79 Å². The summed E-state index contributed by atoms with van der Waals surface area (Å²) in [6.07, 6.45) is 0.807. The van der Waals surface area contributed by atoms with Crippen molar-refractivity contribution in [2.45, 2.75) is 13.3 Å². The number of nitrogens with one attached hydrogen (secondary N) is 1. The third-order valence-corrected chi connectivity index (χ3v) is 3.66. The fourth-order valence-electron chi connectivity index (χ4n) is 1.74. The fraction of sp³-hybridized carbons (Fsp3) is 0.231. The highest BCUT2D eigenvalue weighted by Gasteiger charge is 2.08. The van der Waals surface area contributed by atoms with Crippen LogP contribution < -0.4 is 16.8 Å². The van der Waals surface area contributed by atoms with Crippen molar-refractivity contribution in [3.63, 3.8) is 0 Å². The molecule has 0 fully saturated rings. The Morgan fingerprint density at radius 1 is 1.47 bits per heavy atom. The molecular formula is C13H16N4OS. The number of carbonyl (C=O) groups excluding carboxylic acids is 1. The Morgan fingerprint density at radius 3 is 2.89 bits per heavy atom. The zero-order valence-corrected chi connectivity index (χ0v) is 11.5. The van der Waals surface area contributed by atoms with Crippen LogP contribution in [-0.4, -0.2) is 17.4 Å². The lowest BCUT2D eigenvalue weighted by Gasteiger charge is -2.10. The highest BCUT2D eigenvalue weighted by molar-refractivity contribution is 7.09. The molecule has 2 rings (SSSR count). The molecule has 100 valence electrons. The molecule has 0 radical (unpaired) electrons. The summed E-state index contributed by atoms with van der Waals surface area (Å²) in [5.74, 6) is -0.486. The Kier molecular flexibility index (Phi) is 4.01. The number of nitrogens with zero attached hydrogens (tertiary/aromatic N) is 1. The van der Waals surface area contributed by atoms with Gasteiger partial charge in [-0.1, -0.05) is 0 Å².